The lowest BCUT2D eigenvalue weighted by molar-refractivity contribution is 0.505. The standard InChI is InChI=1S/C18H18N2OS/c1-2-16(22-13-14-9-5-3-6-10-14)17(20-19)18(21)15-11-7-4-8-12-15/h3-12,16H,2,13H2,1H3/p+1/b18-17+. The summed E-state index contributed by atoms with van der Waals surface area (Å²) in [7, 11) is 0. The first-order valence-corrected chi connectivity index (χ1v) is 8.30. The molecule has 3 nitrogen and oxygen atoms in total. The molecule has 0 saturated heterocycles. The van der Waals surface area contributed by atoms with E-state index in [9.17, 15) is 10.5 Å². The highest BCUT2D eigenvalue weighted by molar-refractivity contribution is 7.99. The largest absolute Gasteiger partial charge is 0.501 e. The molecule has 1 unspecified atom stereocenters. The van der Waals surface area contributed by atoms with Crippen LogP contribution in [0.3, 0.4) is 0 Å². The average Bonchev–Trinajstić information content (AvgIpc) is 2.59. The molecule has 1 N–H and O–H groups in total. The third-order valence-corrected chi connectivity index (χ3v) is 4.83. The monoisotopic (exact) mass is 311 g/mol. The van der Waals surface area contributed by atoms with Crippen LogP contribution in [-0.2, 0) is 5.75 Å². The van der Waals surface area contributed by atoms with E-state index in [2.05, 4.69) is 17.1 Å². The molecule has 0 aliphatic rings. The first kappa shape index (κ1) is 16.1. The molecule has 4 heteroatoms. The number of thioether (sulfide) groups is 1. The Hall–Kier alpha value is -2.25. The van der Waals surface area contributed by atoms with Gasteiger partial charge in [-0.2, -0.15) is 0 Å². The van der Waals surface area contributed by atoms with E-state index in [1.165, 1.54) is 5.56 Å². The van der Waals surface area contributed by atoms with Gasteiger partial charge in [0.1, 0.15) is 5.25 Å². The lowest BCUT2D eigenvalue weighted by atomic mass is 10.1. The lowest BCUT2D eigenvalue weighted by Gasteiger charge is -2.08. The molecule has 0 bridgehead atoms. The number of diazo groups is 1. The van der Waals surface area contributed by atoms with Crippen LogP contribution < -0.4 is 0 Å². The van der Waals surface area contributed by atoms with E-state index in [0.29, 0.717) is 11.3 Å². The minimum Gasteiger partial charge on any atom is -0.501 e. The SMILES string of the molecule is CCC(SCc1ccccc1)/C([N+]#N)=C(\O)c1ccccc1. The summed E-state index contributed by atoms with van der Waals surface area (Å²) >= 11 is 1.66. The molecule has 2 aromatic rings. The quantitative estimate of drug-likeness (QED) is 0.567. The molecule has 0 aliphatic carbocycles. The van der Waals surface area contributed by atoms with E-state index in [4.69, 9.17) is 0 Å². The Bertz CT molecular complexity index is 662. The Kier molecular flexibility index (Phi) is 6.05. The van der Waals surface area contributed by atoms with E-state index >= 15 is 0 Å². The Morgan fingerprint density at radius 2 is 1.68 bits per heavy atom. The van der Waals surface area contributed by atoms with Crippen molar-refractivity contribution in [3.05, 3.63) is 82.5 Å². The van der Waals surface area contributed by atoms with Crippen LogP contribution in [0.5, 0.6) is 0 Å². The van der Waals surface area contributed by atoms with Gasteiger partial charge in [-0.1, -0.05) is 67.6 Å². The summed E-state index contributed by atoms with van der Waals surface area (Å²) in [5, 5.41) is 19.7. The maximum atomic E-state index is 10.4. The molecule has 0 spiro atoms. The molecular formula is C18H19N2OS+. The van der Waals surface area contributed by atoms with Crippen LogP contribution in [0.2, 0.25) is 0 Å². The zero-order valence-corrected chi connectivity index (χ0v) is 13.3. The Balaban J connectivity index is 2.18. The van der Waals surface area contributed by atoms with Gasteiger partial charge in [-0.3, -0.25) is 0 Å². The minimum absolute atomic E-state index is 0.0375. The maximum absolute atomic E-state index is 10.4. The van der Waals surface area contributed by atoms with Crippen molar-refractivity contribution in [2.75, 3.05) is 0 Å². The van der Waals surface area contributed by atoms with Gasteiger partial charge in [0, 0.05) is 11.3 Å². The Morgan fingerprint density at radius 3 is 2.23 bits per heavy atom. The second-order valence-corrected chi connectivity index (χ2v) is 6.08. The number of rotatable bonds is 6. The van der Waals surface area contributed by atoms with Crippen LogP contribution in [0.4, 0.5) is 0 Å². The van der Waals surface area contributed by atoms with Crippen molar-refractivity contribution < 1.29 is 5.11 Å². The number of nitrogens with zero attached hydrogens (tertiary/aromatic N) is 2. The summed E-state index contributed by atoms with van der Waals surface area (Å²) in [6.45, 7) is 2.02. The van der Waals surface area contributed by atoms with Crippen LogP contribution in [0.1, 0.15) is 24.5 Å². The summed E-state index contributed by atoms with van der Waals surface area (Å²) in [5.41, 5.74) is 2.20. The summed E-state index contributed by atoms with van der Waals surface area (Å²) in [4.78, 5) is 3.36. The first-order chi connectivity index (χ1) is 10.8. The van der Waals surface area contributed by atoms with Gasteiger partial charge < -0.3 is 5.11 Å². The molecule has 1 atom stereocenters. The predicted octanol–water partition coefficient (Wildman–Crippen LogP) is 5.48. The van der Waals surface area contributed by atoms with Gasteiger partial charge >= 0.3 is 5.70 Å². The minimum atomic E-state index is -0.0644. The van der Waals surface area contributed by atoms with Crippen molar-refractivity contribution in [2.24, 2.45) is 0 Å². The summed E-state index contributed by atoms with van der Waals surface area (Å²) in [5.74, 6) is 0.843. The van der Waals surface area contributed by atoms with Gasteiger partial charge in [-0.05, 0) is 12.0 Å². The van der Waals surface area contributed by atoms with Crippen molar-refractivity contribution in [3.63, 3.8) is 0 Å². The van der Waals surface area contributed by atoms with Crippen molar-refractivity contribution in [2.45, 2.75) is 24.3 Å². The number of hydrogen-bond donors (Lipinski definition) is 1. The first-order valence-electron chi connectivity index (χ1n) is 7.25. The molecule has 2 rings (SSSR count). The van der Waals surface area contributed by atoms with E-state index < -0.39 is 0 Å². The molecule has 0 saturated carbocycles. The van der Waals surface area contributed by atoms with Crippen LogP contribution in [0.25, 0.3) is 10.7 Å². The maximum Gasteiger partial charge on any atom is 0.415 e. The van der Waals surface area contributed by atoms with Gasteiger partial charge in [0.2, 0.25) is 11.2 Å². The normalized spacial score (nSPS) is 13.1. The molecule has 0 radical (unpaired) electrons. The van der Waals surface area contributed by atoms with E-state index in [-0.39, 0.29) is 11.0 Å². The van der Waals surface area contributed by atoms with Gasteiger partial charge in [0.05, 0.1) is 0 Å². The molecule has 2 aromatic carbocycles. The van der Waals surface area contributed by atoms with Crippen molar-refractivity contribution >= 4 is 17.5 Å². The van der Waals surface area contributed by atoms with E-state index in [0.717, 1.165) is 12.2 Å². The molecule has 0 aromatic heterocycles. The number of benzene rings is 2. The smallest absolute Gasteiger partial charge is 0.415 e. The highest BCUT2D eigenvalue weighted by Crippen LogP contribution is 2.31. The average molecular weight is 311 g/mol. The number of hydrogen-bond acceptors (Lipinski definition) is 3. The highest BCUT2D eigenvalue weighted by Gasteiger charge is 2.30. The summed E-state index contributed by atoms with van der Waals surface area (Å²) in [6.07, 6.45) is 0.772. The van der Waals surface area contributed by atoms with Crippen LogP contribution >= 0.6 is 11.8 Å². The fourth-order valence-corrected chi connectivity index (χ4v) is 3.31. The highest BCUT2D eigenvalue weighted by atomic mass is 32.2. The lowest BCUT2D eigenvalue weighted by Crippen LogP contribution is -2.06. The van der Waals surface area contributed by atoms with Gasteiger partial charge in [-0.15, -0.1) is 11.8 Å². The van der Waals surface area contributed by atoms with Gasteiger partial charge in [0.15, 0.2) is 4.98 Å². The summed E-state index contributed by atoms with van der Waals surface area (Å²) in [6, 6.07) is 19.3. The zero-order chi connectivity index (χ0) is 15.8. The molecule has 22 heavy (non-hydrogen) atoms. The van der Waals surface area contributed by atoms with E-state index in [1.807, 2.05) is 43.3 Å². The second kappa shape index (κ2) is 8.26. The van der Waals surface area contributed by atoms with Gasteiger partial charge in [0.25, 0.3) is 0 Å². The summed E-state index contributed by atoms with van der Waals surface area (Å²) < 4.78 is 0. The Morgan fingerprint density at radius 1 is 1.09 bits per heavy atom. The zero-order valence-electron chi connectivity index (χ0n) is 12.5. The molecule has 0 aliphatic heterocycles. The van der Waals surface area contributed by atoms with Crippen molar-refractivity contribution in [1.82, 2.24) is 0 Å². The third kappa shape index (κ3) is 4.12. The van der Waals surface area contributed by atoms with Crippen molar-refractivity contribution in [1.29, 1.82) is 5.39 Å². The van der Waals surface area contributed by atoms with Crippen LogP contribution in [0.15, 0.2) is 66.4 Å². The predicted molar refractivity (Wildman–Crippen MR) is 92.9 cm³/mol. The van der Waals surface area contributed by atoms with Crippen molar-refractivity contribution in [3.8, 4) is 0 Å². The fourth-order valence-electron chi connectivity index (χ4n) is 2.17. The third-order valence-electron chi connectivity index (χ3n) is 3.37. The van der Waals surface area contributed by atoms with E-state index in [1.54, 1.807) is 23.9 Å². The fraction of sp³-hybridized carbons (Fsp3) is 0.222. The number of aliphatic hydroxyl groups is 1. The molecule has 0 fully saturated rings. The molecule has 112 valence electrons. The van der Waals surface area contributed by atoms with Gasteiger partial charge in [-0.25, -0.2) is 0 Å². The number of aliphatic hydroxyl groups excluding tert-OH is 1. The molecule has 0 amide bonds. The van der Waals surface area contributed by atoms with Crippen LogP contribution in [0, 0.1) is 5.39 Å². The Labute approximate surface area is 135 Å². The topological polar surface area (TPSA) is 48.4 Å². The van der Waals surface area contributed by atoms with Crippen LogP contribution in [-0.4, -0.2) is 10.4 Å². The molecule has 0 heterocycles. The second-order valence-electron chi connectivity index (χ2n) is 4.89. The molecular weight excluding hydrogens is 292 g/mol.